The lowest BCUT2D eigenvalue weighted by atomic mass is 10.1. The van der Waals surface area contributed by atoms with Crippen molar-refractivity contribution in [1.29, 1.82) is 0 Å². The highest BCUT2D eigenvalue weighted by molar-refractivity contribution is 6.04. The zero-order valence-corrected chi connectivity index (χ0v) is 12.6. The van der Waals surface area contributed by atoms with E-state index < -0.39 is 0 Å². The predicted octanol–water partition coefficient (Wildman–Crippen LogP) is 2.15. The third-order valence-corrected chi connectivity index (χ3v) is 3.22. The Balaban J connectivity index is 1.95. The molecule has 1 aromatic rings. The molecular formula is C16H22N2O3. The van der Waals surface area contributed by atoms with E-state index in [2.05, 4.69) is 10.3 Å². The Kier molecular flexibility index (Phi) is 5.75. The number of amidine groups is 1. The molecule has 1 saturated carbocycles. The maximum Gasteiger partial charge on any atom is 0.291 e. The van der Waals surface area contributed by atoms with Crippen LogP contribution in [0.2, 0.25) is 0 Å². The molecular weight excluding hydrogens is 268 g/mol. The Morgan fingerprint density at radius 1 is 1.38 bits per heavy atom. The molecule has 1 aliphatic carbocycles. The highest BCUT2D eigenvalue weighted by Crippen LogP contribution is 2.28. The van der Waals surface area contributed by atoms with Gasteiger partial charge in [0.2, 0.25) is 0 Å². The maximum absolute atomic E-state index is 12.2. The van der Waals surface area contributed by atoms with Crippen molar-refractivity contribution < 1.29 is 14.3 Å². The van der Waals surface area contributed by atoms with Crippen LogP contribution in [0, 0.1) is 12.8 Å². The van der Waals surface area contributed by atoms with Crippen LogP contribution in [0.3, 0.4) is 0 Å². The van der Waals surface area contributed by atoms with Crippen molar-refractivity contribution in [2.24, 2.45) is 10.9 Å². The number of rotatable bonds is 6. The summed E-state index contributed by atoms with van der Waals surface area (Å²) < 4.78 is 10.4. The Labute approximate surface area is 125 Å². The molecule has 0 radical (unpaired) electrons. The molecule has 114 valence electrons. The second-order valence-electron chi connectivity index (χ2n) is 5.25. The molecule has 2 rings (SSSR count). The Bertz CT molecular complexity index is 510. The van der Waals surface area contributed by atoms with Crippen molar-refractivity contribution in [1.82, 2.24) is 5.32 Å². The number of carbonyl (C=O) groups excluding carboxylic acids is 1. The van der Waals surface area contributed by atoms with Crippen LogP contribution in [0.5, 0.6) is 0 Å². The zero-order valence-electron chi connectivity index (χ0n) is 12.6. The molecule has 0 spiro atoms. The molecule has 5 heteroatoms. The molecule has 1 N–H and O–H groups in total. The molecule has 0 heterocycles. The largest absolute Gasteiger partial charge is 0.463 e. The van der Waals surface area contributed by atoms with Crippen LogP contribution in [0.25, 0.3) is 0 Å². The first-order valence-corrected chi connectivity index (χ1v) is 7.23. The van der Waals surface area contributed by atoms with Crippen LogP contribution >= 0.6 is 0 Å². The molecule has 0 saturated heterocycles. The molecule has 21 heavy (non-hydrogen) atoms. The smallest absolute Gasteiger partial charge is 0.291 e. The number of nitrogens with zero attached hydrogens (tertiary/aromatic N) is 1. The first-order valence-electron chi connectivity index (χ1n) is 7.23. The van der Waals surface area contributed by atoms with Crippen molar-refractivity contribution in [2.75, 3.05) is 26.9 Å². The van der Waals surface area contributed by atoms with E-state index in [1.807, 2.05) is 25.1 Å². The summed E-state index contributed by atoms with van der Waals surface area (Å²) in [6, 6.07) is 7.70. The van der Waals surface area contributed by atoms with Crippen molar-refractivity contribution in [2.45, 2.75) is 19.8 Å². The van der Waals surface area contributed by atoms with Gasteiger partial charge in [0.05, 0.1) is 6.61 Å². The van der Waals surface area contributed by atoms with E-state index in [-0.39, 0.29) is 11.9 Å². The van der Waals surface area contributed by atoms with Crippen LogP contribution in [0.4, 0.5) is 0 Å². The van der Waals surface area contributed by atoms with Crippen LogP contribution in [-0.2, 0) is 9.47 Å². The van der Waals surface area contributed by atoms with Gasteiger partial charge in [-0.05, 0) is 37.8 Å². The highest BCUT2D eigenvalue weighted by atomic mass is 16.5. The fourth-order valence-electron chi connectivity index (χ4n) is 1.81. The van der Waals surface area contributed by atoms with E-state index in [1.165, 1.54) is 12.8 Å². The van der Waals surface area contributed by atoms with E-state index >= 15 is 0 Å². The monoisotopic (exact) mass is 290 g/mol. The van der Waals surface area contributed by atoms with Gasteiger partial charge < -0.3 is 9.47 Å². The molecule has 1 aromatic carbocycles. The summed E-state index contributed by atoms with van der Waals surface area (Å²) in [6.45, 7) is 3.49. The van der Waals surface area contributed by atoms with Gasteiger partial charge in [0, 0.05) is 19.2 Å². The summed E-state index contributed by atoms with van der Waals surface area (Å²) in [5.74, 6) is 0.438. The Morgan fingerprint density at radius 2 is 2.19 bits per heavy atom. The fourth-order valence-corrected chi connectivity index (χ4v) is 1.81. The van der Waals surface area contributed by atoms with Gasteiger partial charge in [0.15, 0.2) is 0 Å². The number of amides is 1. The number of hydrogen-bond donors (Lipinski definition) is 1. The summed E-state index contributed by atoms with van der Waals surface area (Å²) >= 11 is 0. The van der Waals surface area contributed by atoms with Gasteiger partial charge in [-0.2, -0.15) is 0 Å². The fraction of sp³-hybridized carbons (Fsp3) is 0.500. The first-order chi connectivity index (χ1) is 10.2. The summed E-state index contributed by atoms with van der Waals surface area (Å²) in [6.07, 6.45) is 2.42. The van der Waals surface area contributed by atoms with E-state index in [0.717, 1.165) is 5.56 Å². The minimum atomic E-state index is -0.203. The van der Waals surface area contributed by atoms with Crippen molar-refractivity contribution in [3.63, 3.8) is 0 Å². The van der Waals surface area contributed by atoms with Gasteiger partial charge in [-0.25, -0.2) is 4.99 Å². The number of aliphatic imine (C=N–C) groups is 1. The standard InChI is InChI=1S/C16H22N2O3/c1-12-4-3-5-14(10-12)15(19)18-16(21-9-8-20-2)17-11-13-6-7-13/h3-5,10,13H,6-9,11H2,1-2H3,(H,17,18,19). The molecule has 5 nitrogen and oxygen atoms in total. The van der Waals surface area contributed by atoms with E-state index in [4.69, 9.17) is 9.47 Å². The van der Waals surface area contributed by atoms with Crippen LogP contribution in [0.15, 0.2) is 29.3 Å². The summed E-state index contributed by atoms with van der Waals surface area (Å²) in [5, 5.41) is 2.74. The lowest BCUT2D eigenvalue weighted by molar-refractivity contribution is 0.0953. The Morgan fingerprint density at radius 3 is 2.86 bits per heavy atom. The number of aryl methyl sites for hydroxylation is 1. The SMILES string of the molecule is COCCOC(=NCC1CC1)NC(=O)c1cccc(C)c1. The van der Waals surface area contributed by atoms with Gasteiger partial charge >= 0.3 is 0 Å². The van der Waals surface area contributed by atoms with Crippen molar-refractivity contribution in [3.8, 4) is 0 Å². The average Bonchev–Trinajstić information content (AvgIpc) is 3.29. The van der Waals surface area contributed by atoms with E-state index in [9.17, 15) is 4.79 Å². The topological polar surface area (TPSA) is 59.9 Å². The second-order valence-corrected chi connectivity index (χ2v) is 5.25. The van der Waals surface area contributed by atoms with Crippen LogP contribution in [-0.4, -0.2) is 38.8 Å². The number of hydrogen-bond acceptors (Lipinski definition) is 4. The van der Waals surface area contributed by atoms with Gasteiger partial charge in [0.1, 0.15) is 6.61 Å². The van der Waals surface area contributed by atoms with Gasteiger partial charge in [0.25, 0.3) is 11.9 Å². The van der Waals surface area contributed by atoms with Crippen molar-refractivity contribution in [3.05, 3.63) is 35.4 Å². The van der Waals surface area contributed by atoms with Gasteiger partial charge in [-0.1, -0.05) is 17.7 Å². The molecule has 1 aliphatic rings. The number of methoxy groups -OCH3 is 1. The molecule has 1 amide bonds. The minimum Gasteiger partial charge on any atom is -0.463 e. The molecule has 0 aromatic heterocycles. The van der Waals surface area contributed by atoms with Gasteiger partial charge in [-0.3, -0.25) is 10.1 Å². The minimum absolute atomic E-state index is 0.203. The summed E-state index contributed by atoms with van der Waals surface area (Å²) in [4.78, 5) is 16.5. The highest BCUT2D eigenvalue weighted by Gasteiger charge is 2.21. The molecule has 0 unspecified atom stereocenters. The molecule has 0 aliphatic heterocycles. The molecule has 0 atom stereocenters. The number of carbonyl (C=O) groups is 1. The summed E-state index contributed by atoms with van der Waals surface area (Å²) in [5.41, 5.74) is 1.64. The average molecular weight is 290 g/mol. The third-order valence-electron chi connectivity index (χ3n) is 3.22. The zero-order chi connectivity index (χ0) is 15.1. The second kappa shape index (κ2) is 7.78. The first kappa shape index (κ1) is 15.5. The molecule has 0 bridgehead atoms. The number of benzene rings is 1. The van der Waals surface area contributed by atoms with Crippen molar-refractivity contribution >= 4 is 11.9 Å². The van der Waals surface area contributed by atoms with E-state index in [0.29, 0.717) is 31.2 Å². The molecule has 1 fully saturated rings. The number of nitrogens with one attached hydrogen (secondary N) is 1. The maximum atomic E-state index is 12.2. The van der Waals surface area contributed by atoms with Gasteiger partial charge in [-0.15, -0.1) is 0 Å². The predicted molar refractivity (Wildman–Crippen MR) is 81.5 cm³/mol. The number of ether oxygens (including phenoxy) is 2. The quantitative estimate of drug-likeness (QED) is 0.496. The lowest BCUT2D eigenvalue weighted by Crippen LogP contribution is -2.33. The lowest BCUT2D eigenvalue weighted by Gasteiger charge is -2.10. The third kappa shape index (κ3) is 5.55. The van der Waals surface area contributed by atoms with Crippen LogP contribution in [0.1, 0.15) is 28.8 Å². The van der Waals surface area contributed by atoms with Crippen LogP contribution < -0.4 is 5.32 Å². The normalized spacial score (nSPS) is 14.9. The Hall–Kier alpha value is -1.88. The van der Waals surface area contributed by atoms with E-state index in [1.54, 1.807) is 13.2 Å². The summed E-state index contributed by atoms with van der Waals surface area (Å²) in [7, 11) is 1.61.